The Labute approximate surface area is 209 Å². The van der Waals surface area contributed by atoms with Gasteiger partial charge in [0.25, 0.3) is 5.56 Å². The van der Waals surface area contributed by atoms with Crippen LogP contribution in [0.3, 0.4) is 0 Å². The number of rotatable bonds is 7. The van der Waals surface area contributed by atoms with E-state index in [2.05, 4.69) is 42.9 Å². The maximum atomic E-state index is 12.9. The lowest BCUT2D eigenvalue weighted by molar-refractivity contribution is 0.274. The molecule has 0 amide bonds. The summed E-state index contributed by atoms with van der Waals surface area (Å²) in [5, 5.41) is 13.4. The fourth-order valence-electron chi connectivity index (χ4n) is 4.07. The van der Waals surface area contributed by atoms with Crippen molar-refractivity contribution in [3.8, 4) is 17.1 Å². The lowest BCUT2D eigenvalue weighted by atomic mass is 10.1. The summed E-state index contributed by atoms with van der Waals surface area (Å²) in [5.74, 6) is 0.469. The second-order valence-electron chi connectivity index (χ2n) is 8.16. The molecule has 2 aromatic carbocycles. The van der Waals surface area contributed by atoms with Gasteiger partial charge in [0.1, 0.15) is 11.4 Å². The predicted molar refractivity (Wildman–Crippen MR) is 141 cm³/mol. The van der Waals surface area contributed by atoms with Gasteiger partial charge in [-0.15, -0.1) is 0 Å². The lowest BCUT2D eigenvalue weighted by Gasteiger charge is -2.19. The van der Waals surface area contributed by atoms with Gasteiger partial charge in [0.05, 0.1) is 35.7 Å². The van der Waals surface area contributed by atoms with Crippen LogP contribution in [0.1, 0.15) is 11.1 Å². The van der Waals surface area contributed by atoms with Crippen LogP contribution >= 0.6 is 22.6 Å². The summed E-state index contributed by atoms with van der Waals surface area (Å²) in [6.45, 7) is 1.91. The number of fused-ring (bicyclic) bond motifs is 1. The van der Waals surface area contributed by atoms with Crippen LogP contribution in [0.2, 0.25) is 0 Å². The molecule has 0 spiro atoms. The lowest BCUT2D eigenvalue weighted by Crippen LogP contribution is -2.28. The number of imidazole rings is 2. The molecule has 0 aliphatic carbocycles. The second kappa shape index (κ2) is 9.43. The van der Waals surface area contributed by atoms with E-state index in [1.54, 1.807) is 24.8 Å². The molecule has 0 aliphatic heterocycles. The van der Waals surface area contributed by atoms with Gasteiger partial charge in [-0.05, 0) is 77.4 Å². The molecule has 1 unspecified atom stereocenters. The number of aliphatic hydroxyl groups is 1. The number of aliphatic hydroxyl groups excluding tert-OH is 1. The first kappa shape index (κ1) is 22.4. The molecule has 0 saturated carbocycles. The van der Waals surface area contributed by atoms with Crippen LogP contribution in [0.25, 0.3) is 28.1 Å². The molecule has 4 N–H and O–H groups in total. The van der Waals surface area contributed by atoms with Crippen molar-refractivity contribution in [2.24, 2.45) is 0 Å². The Morgan fingerprint density at radius 3 is 2.76 bits per heavy atom. The number of aromatic amines is 2. The SMILES string of the molecule is Cc1cc(-n2ccnc2)cc2[nH]c(-c3c(NC(CO)Cc4ccc(I)cc4)cc[nH]c3=O)nc12. The number of hydrogen-bond donors (Lipinski definition) is 4. The van der Waals surface area contributed by atoms with Crippen molar-refractivity contribution >= 4 is 39.3 Å². The van der Waals surface area contributed by atoms with E-state index in [1.165, 1.54) is 0 Å². The van der Waals surface area contributed by atoms with Gasteiger partial charge in [0, 0.05) is 27.8 Å². The molecule has 0 saturated heterocycles. The van der Waals surface area contributed by atoms with Crippen molar-refractivity contribution in [1.82, 2.24) is 24.5 Å². The topological polar surface area (TPSA) is 112 Å². The third kappa shape index (κ3) is 4.48. The monoisotopic (exact) mass is 566 g/mol. The fourth-order valence-corrected chi connectivity index (χ4v) is 4.43. The maximum absolute atomic E-state index is 12.9. The van der Waals surface area contributed by atoms with Crippen LogP contribution in [0, 0.1) is 10.5 Å². The molecular weight excluding hydrogens is 543 g/mol. The molecule has 34 heavy (non-hydrogen) atoms. The van der Waals surface area contributed by atoms with E-state index < -0.39 is 0 Å². The number of nitrogens with one attached hydrogen (secondary N) is 3. The van der Waals surface area contributed by atoms with E-state index in [0.717, 1.165) is 31.4 Å². The minimum Gasteiger partial charge on any atom is -0.394 e. The Bertz CT molecular complexity index is 1490. The van der Waals surface area contributed by atoms with Gasteiger partial charge in [-0.1, -0.05) is 12.1 Å². The molecule has 8 nitrogen and oxygen atoms in total. The molecule has 3 heterocycles. The molecule has 5 rings (SSSR count). The number of nitrogens with zero attached hydrogens (tertiary/aromatic N) is 3. The Hall–Kier alpha value is -3.44. The first-order valence-corrected chi connectivity index (χ1v) is 11.9. The highest BCUT2D eigenvalue weighted by molar-refractivity contribution is 14.1. The number of halogens is 1. The van der Waals surface area contributed by atoms with Crippen molar-refractivity contribution in [3.63, 3.8) is 0 Å². The molecule has 5 aromatic rings. The first-order chi connectivity index (χ1) is 16.5. The van der Waals surface area contributed by atoms with E-state index in [4.69, 9.17) is 4.98 Å². The maximum Gasteiger partial charge on any atom is 0.261 e. The van der Waals surface area contributed by atoms with Gasteiger partial charge in [-0.3, -0.25) is 4.79 Å². The summed E-state index contributed by atoms with van der Waals surface area (Å²) in [5.41, 5.74) is 5.42. The summed E-state index contributed by atoms with van der Waals surface area (Å²) in [6.07, 6.45) is 7.56. The number of hydrogen-bond acceptors (Lipinski definition) is 5. The highest BCUT2D eigenvalue weighted by Crippen LogP contribution is 2.28. The average Bonchev–Trinajstić information content (AvgIpc) is 3.50. The molecule has 172 valence electrons. The third-order valence-corrected chi connectivity index (χ3v) is 6.46. The minimum absolute atomic E-state index is 0.0776. The predicted octanol–water partition coefficient (Wildman–Crippen LogP) is 4.03. The van der Waals surface area contributed by atoms with Crippen molar-refractivity contribution < 1.29 is 5.11 Å². The zero-order valence-electron chi connectivity index (χ0n) is 18.4. The van der Waals surface area contributed by atoms with E-state index in [9.17, 15) is 9.90 Å². The molecule has 0 radical (unpaired) electrons. The number of aryl methyl sites for hydroxylation is 1. The van der Waals surface area contributed by atoms with Crippen LogP contribution in [-0.4, -0.2) is 42.3 Å². The van der Waals surface area contributed by atoms with Crippen LogP contribution in [0.4, 0.5) is 5.69 Å². The zero-order valence-corrected chi connectivity index (χ0v) is 20.6. The largest absolute Gasteiger partial charge is 0.394 e. The number of H-pyrrole nitrogens is 2. The van der Waals surface area contributed by atoms with Gasteiger partial charge in [0.15, 0.2) is 0 Å². The fraction of sp³-hybridized carbons (Fsp3) is 0.160. The summed E-state index contributed by atoms with van der Waals surface area (Å²) >= 11 is 2.27. The first-order valence-electron chi connectivity index (χ1n) is 10.8. The Kier molecular flexibility index (Phi) is 6.20. The number of aromatic nitrogens is 5. The number of pyridine rings is 1. The third-order valence-electron chi connectivity index (χ3n) is 5.74. The van der Waals surface area contributed by atoms with Crippen molar-refractivity contribution in [2.75, 3.05) is 11.9 Å². The van der Waals surface area contributed by atoms with E-state index >= 15 is 0 Å². The average molecular weight is 566 g/mol. The molecular formula is C25H23IN6O2. The minimum atomic E-state index is -0.264. The van der Waals surface area contributed by atoms with Crippen LogP contribution < -0.4 is 10.9 Å². The van der Waals surface area contributed by atoms with Crippen molar-refractivity contribution in [1.29, 1.82) is 0 Å². The Morgan fingerprint density at radius 1 is 1.21 bits per heavy atom. The molecule has 0 aliphatic rings. The normalized spacial score (nSPS) is 12.2. The second-order valence-corrected chi connectivity index (χ2v) is 9.41. The van der Waals surface area contributed by atoms with Crippen molar-refractivity contribution in [2.45, 2.75) is 19.4 Å². The number of anilines is 1. The van der Waals surface area contributed by atoms with Crippen molar-refractivity contribution in [3.05, 3.63) is 92.4 Å². The van der Waals surface area contributed by atoms with Crippen LogP contribution in [0.15, 0.2) is 72.2 Å². The van der Waals surface area contributed by atoms with Gasteiger partial charge in [-0.25, -0.2) is 9.97 Å². The zero-order chi connectivity index (χ0) is 23.7. The van der Waals surface area contributed by atoms with Gasteiger partial charge in [0.2, 0.25) is 0 Å². The van der Waals surface area contributed by atoms with Gasteiger partial charge < -0.3 is 25.0 Å². The van der Waals surface area contributed by atoms with Gasteiger partial charge >= 0.3 is 0 Å². The highest BCUT2D eigenvalue weighted by Gasteiger charge is 2.18. The smallest absolute Gasteiger partial charge is 0.261 e. The summed E-state index contributed by atoms with van der Waals surface area (Å²) in [6, 6.07) is 13.7. The summed E-state index contributed by atoms with van der Waals surface area (Å²) in [4.78, 5) is 27.8. The van der Waals surface area contributed by atoms with Gasteiger partial charge in [-0.2, -0.15) is 0 Å². The molecule has 9 heteroatoms. The van der Waals surface area contributed by atoms with E-state index in [0.29, 0.717) is 23.5 Å². The molecule has 3 aromatic heterocycles. The number of benzene rings is 2. The summed E-state index contributed by atoms with van der Waals surface area (Å²) < 4.78 is 3.08. The van der Waals surface area contributed by atoms with Crippen LogP contribution in [0.5, 0.6) is 0 Å². The molecule has 0 bridgehead atoms. The Balaban J connectivity index is 1.51. The molecule has 0 fully saturated rings. The summed E-state index contributed by atoms with van der Waals surface area (Å²) in [7, 11) is 0. The van der Waals surface area contributed by atoms with Crippen LogP contribution in [-0.2, 0) is 6.42 Å². The van der Waals surface area contributed by atoms with E-state index in [1.807, 2.05) is 54.1 Å². The highest BCUT2D eigenvalue weighted by atomic mass is 127. The standard InChI is InChI=1S/C25H23IN6O2/c1-15-10-19(32-9-8-27-14-32)12-21-23(15)31-24(30-21)22-20(6-7-28-25(22)34)29-18(13-33)11-16-2-4-17(26)5-3-16/h2-10,12,14,18,33H,11,13H2,1H3,(H,30,31)(H2,28,29,34). The quantitative estimate of drug-likeness (QED) is 0.223. The van der Waals surface area contributed by atoms with E-state index in [-0.39, 0.29) is 18.2 Å². The Morgan fingerprint density at radius 2 is 2.03 bits per heavy atom. The molecule has 1 atom stereocenters.